The van der Waals surface area contributed by atoms with E-state index in [1.807, 2.05) is 6.92 Å². The molecule has 0 spiro atoms. The molecule has 0 radical (unpaired) electrons. The summed E-state index contributed by atoms with van der Waals surface area (Å²) in [6, 6.07) is 5.92. The number of amides is 1. The lowest BCUT2D eigenvalue weighted by Crippen LogP contribution is -2.29. The molecule has 0 aliphatic carbocycles. The average molecular weight is 409 g/mol. The van der Waals surface area contributed by atoms with E-state index in [0.29, 0.717) is 18.2 Å². The Morgan fingerprint density at radius 2 is 2.19 bits per heavy atom. The summed E-state index contributed by atoms with van der Waals surface area (Å²) in [6.07, 6.45) is 2.87. The number of nitrogens with one attached hydrogen (secondary N) is 2. The topological polar surface area (TPSA) is 110 Å². The molecule has 1 amide bonds. The molecule has 144 valence electrons. The number of rotatable bonds is 7. The van der Waals surface area contributed by atoms with Gasteiger partial charge in [-0.1, -0.05) is 31.2 Å². The average Bonchev–Trinajstić information content (AvgIpc) is 3.12. The number of nitrogens with zero attached hydrogens (tertiary/aromatic N) is 2. The second-order valence-corrected chi connectivity index (χ2v) is 8.82. The van der Waals surface area contributed by atoms with Crippen LogP contribution in [0.25, 0.3) is 0 Å². The summed E-state index contributed by atoms with van der Waals surface area (Å²) in [7, 11) is -3.65. The number of aromatic nitrogens is 2. The van der Waals surface area contributed by atoms with Crippen LogP contribution in [0.5, 0.6) is 0 Å². The summed E-state index contributed by atoms with van der Waals surface area (Å²) >= 11 is 1.47. The first kappa shape index (κ1) is 19.6. The van der Waals surface area contributed by atoms with Gasteiger partial charge in [0.2, 0.25) is 10.0 Å². The molecule has 10 heteroatoms. The van der Waals surface area contributed by atoms with E-state index in [-0.39, 0.29) is 16.1 Å². The number of sulfonamides is 1. The Kier molecular flexibility index (Phi) is 5.98. The lowest BCUT2D eigenvalue weighted by atomic mass is 10.2. The van der Waals surface area contributed by atoms with Crippen molar-refractivity contribution < 1.29 is 13.2 Å². The van der Waals surface area contributed by atoms with E-state index in [4.69, 9.17) is 0 Å². The Hall–Kier alpha value is -2.17. The van der Waals surface area contributed by atoms with E-state index in [2.05, 4.69) is 15.0 Å². The molecule has 0 unspecified atom stereocenters. The minimum absolute atomic E-state index is 0.0524. The van der Waals surface area contributed by atoms with E-state index in [9.17, 15) is 18.0 Å². The fourth-order valence-corrected chi connectivity index (χ4v) is 4.61. The standard InChI is InChI=1S/C17H20N4O4S2/c1-2-3-7-19-27(24,25)13-6-4-5-12(10-13)20-15(22)14-11-18-17-21(16(14)23)8-9-26-17/h4-6,10-11,19H,2-3,7-9H2,1H3,(H,20,22). The van der Waals surface area contributed by atoms with E-state index < -0.39 is 21.5 Å². The number of hydrogen-bond donors (Lipinski definition) is 2. The van der Waals surface area contributed by atoms with Crippen LogP contribution in [0.4, 0.5) is 5.69 Å². The van der Waals surface area contributed by atoms with Crippen molar-refractivity contribution in [3.8, 4) is 0 Å². The number of carbonyl (C=O) groups is 1. The van der Waals surface area contributed by atoms with Crippen molar-refractivity contribution in [3.63, 3.8) is 0 Å². The molecule has 0 fully saturated rings. The Bertz CT molecular complexity index is 1020. The maximum Gasteiger partial charge on any atom is 0.267 e. The predicted molar refractivity (Wildman–Crippen MR) is 104 cm³/mol. The van der Waals surface area contributed by atoms with Crippen LogP contribution in [-0.2, 0) is 16.6 Å². The zero-order valence-corrected chi connectivity index (χ0v) is 16.4. The van der Waals surface area contributed by atoms with Crippen LogP contribution in [0, 0.1) is 0 Å². The third kappa shape index (κ3) is 4.40. The molecular formula is C17H20N4O4S2. The molecule has 2 heterocycles. The fourth-order valence-electron chi connectivity index (χ4n) is 2.58. The molecule has 1 aromatic heterocycles. The summed E-state index contributed by atoms with van der Waals surface area (Å²) in [5, 5.41) is 3.18. The van der Waals surface area contributed by atoms with Crippen molar-refractivity contribution in [2.45, 2.75) is 36.4 Å². The van der Waals surface area contributed by atoms with Crippen molar-refractivity contribution in [2.75, 3.05) is 17.6 Å². The summed E-state index contributed by atoms with van der Waals surface area (Å²) in [5.74, 6) is 0.131. The van der Waals surface area contributed by atoms with Crippen molar-refractivity contribution in [2.24, 2.45) is 0 Å². The highest BCUT2D eigenvalue weighted by Crippen LogP contribution is 2.21. The number of fused-ring (bicyclic) bond motifs is 1. The monoisotopic (exact) mass is 408 g/mol. The fraction of sp³-hybridized carbons (Fsp3) is 0.353. The number of carbonyl (C=O) groups excluding carboxylic acids is 1. The number of unbranched alkanes of at least 4 members (excludes halogenated alkanes) is 1. The van der Waals surface area contributed by atoms with E-state index in [1.165, 1.54) is 40.7 Å². The molecule has 1 aromatic carbocycles. The third-order valence-electron chi connectivity index (χ3n) is 4.03. The third-order valence-corrected chi connectivity index (χ3v) is 6.46. The van der Waals surface area contributed by atoms with Crippen LogP contribution in [0.2, 0.25) is 0 Å². The van der Waals surface area contributed by atoms with Gasteiger partial charge >= 0.3 is 0 Å². The molecule has 3 rings (SSSR count). The quantitative estimate of drug-likeness (QED) is 0.533. The first-order valence-corrected chi connectivity index (χ1v) is 11.0. The van der Waals surface area contributed by atoms with Crippen molar-refractivity contribution in [3.05, 3.63) is 46.4 Å². The molecule has 8 nitrogen and oxygen atoms in total. The van der Waals surface area contributed by atoms with Gasteiger partial charge in [0.15, 0.2) is 5.16 Å². The van der Waals surface area contributed by atoms with Crippen LogP contribution in [0.3, 0.4) is 0 Å². The first-order chi connectivity index (χ1) is 12.9. The Balaban J connectivity index is 1.79. The molecule has 2 N–H and O–H groups in total. The lowest BCUT2D eigenvalue weighted by Gasteiger charge is -2.10. The molecule has 1 aliphatic rings. The Morgan fingerprint density at radius 1 is 1.37 bits per heavy atom. The van der Waals surface area contributed by atoms with Gasteiger partial charge in [0.25, 0.3) is 11.5 Å². The molecule has 27 heavy (non-hydrogen) atoms. The SMILES string of the molecule is CCCCNS(=O)(=O)c1cccc(NC(=O)c2cnc3n(c2=O)CCS3)c1. The van der Waals surface area contributed by atoms with Gasteiger partial charge in [-0.15, -0.1) is 0 Å². The molecule has 0 saturated carbocycles. The lowest BCUT2D eigenvalue weighted by molar-refractivity contribution is 0.102. The minimum Gasteiger partial charge on any atom is -0.322 e. The zero-order valence-electron chi connectivity index (χ0n) is 14.8. The predicted octanol–water partition coefficient (Wildman–Crippen LogP) is 1.68. The van der Waals surface area contributed by atoms with E-state index in [1.54, 1.807) is 6.07 Å². The molecule has 0 saturated heterocycles. The maximum absolute atomic E-state index is 12.5. The number of anilines is 1. The molecule has 0 bridgehead atoms. The highest BCUT2D eigenvalue weighted by molar-refractivity contribution is 7.99. The second-order valence-electron chi connectivity index (χ2n) is 5.99. The smallest absolute Gasteiger partial charge is 0.267 e. The van der Waals surface area contributed by atoms with E-state index >= 15 is 0 Å². The normalized spacial score (nSPS) is 13.4. The number of thioether (sulfide) groups is 1. The van der Waals surface area contributed by atoms with Gasteiger partial charge in [-0.3, -0.25) is 14.2 Å². The van der Waals surface area contributed by atoms with Gasteiger partial charge in [0.1, 0.15) is 5.56 Å². The van der Waals surface area contributed by atoms with Gasteiger partial charge in [-0.25, -0.2) is 18.1 Å². The van der Waals surface area contributed by atoms with Gasteiger partial charge in [-0.2, -0.15) is 0 Å². The summed E-state index contributed by atoms with van der Waals surface area (Å²) in [5.41, 5.74) is -0.180. The van der Waals surface area contributed by atoms with E-state index in [0.717, 1.165) is 18.6 Å². The largest absolute Gasteiger partial charge is 0.322 e. The van der Waals surface area contributed by atoms with Crippen LogP contribution >= 0.6 is 11.8 Å². The molecule has 1 aliphatic heterocycles. The van der Waals surface area contributed by atoms with Crippen LogP contribution in [0.15, 0.2) is 45.3 Å². The first-order valence-electron chi connectivity index (χ1n) is 8.56. The summed E-state index contributed by atoms with van der Waals surface area (Å²) < 4.78 is 28.6. The Morgan fingerprint density at radius 3 is 2.96 bits per heavy atom. The zero-order chi connectivity index (χ0) is 19.4. The van der Waals surface area contributed by atoms with Crippen molar-refractivity contribution >= 4 is 33.4 Å². The Labute approximate surface area is 161 Å². The number of hydrogen-bond acceptors (Lipinski definition) is 6. The summed E-state index contributed by atoms with van der Waals surface area (Å²) in [4.78, 5) is 29.1. The maximum atomic E-state index is 12.5. The molecule has 2 aromatic rings. The van der Waals surface area contributed by atoms with Gasteiger partial charge in [-0.05, 0) is 24.6 Å². The summed E-state index contributed by atoms with van der Waals surface area (Å²) in [6.45, 7) is 2.84. The highest BCUT2D eigenvalue weighted by atomic mass is 32.2. The second kappa shape index (κ2) is 8.24. The van der Waals surface area contributed by atoms with Crippen molar-refractivity contribution in [1.29, 1.82) is 0 Å². The van der Waals surface area contributed by atoms with Crippen molar-refractivity contribution in [1.82, 2.24) is 14.3 Å². The van der Waals surface area contributed by atoms with Gasteiger partial charge < -0.3 is 5.32 Å². The minimum atomic E-state index is -3.65. The molecule has 0 atom stereocenters. The number of benzene rings is 1. The van der Waals surface area contributed by atoms with Crippen LogP contribution < -0.4 is 15.6 Å². The van der Waals surface area contributed by atoms with Crippen LogP contribution in [0.1, 0.15) is 30.1 Å². The van der Waals surface area contributed by atoms with Crippen LogP contribution in [-0.4, -0.2) is 36.2 Å². The molecular weight excluding hydrogens is 388 g/mol. The highest BCUT2D eigenvalue weighted by Gasteiger charge is 2.20. The van der Waals surface area contributed by atoms with Gasteiger partial charge in [0.05, 0.1) is 4.90 Å². The van der Waals surface area contributed by atoms with Gasteiger partial charge in [0, 0.05) is 30.7 Å².